The smallest absolute Gasteiger partial charge is 0.472 e. The number of aliphatic hydroxyl groups is 27. The van der Waals surface area contributed by atoms with Crippen LogP contribution in [0.3, 0.4) is 0 Å². The maximum absolute atomic E-state index is 13.1. The Morgan fingerprint density at radius 2 is 0.806 bits per heavy atom. The first-order valence-electron chi connectivity index (χ1n) is 33.4. The number of phosphoric acid groups is 1. The number of hydrogen-bond acceptors (Lipinski definition) is 48. The second kappa shape index (κ2) is 38.9. The quantitative estimate of drug-likeness (QED) is 0.0278. The number of carbonyl (C=O) groups is 2. The van der Waals surface area contributed by atoms with Crippen LogP contribution >= 0.6 is 7.82 Å². The highest BCUT2D eigenvalue weighted by molar-refractivity contribution is 7.47. The zero-order valence-electron chi connectivity index (χ0n) is 56.5. The van der Waals surface area contributed by atoms with Crippen molar-refractivity contribution in [3.63, 3.8) is 0 Å². The van der Waals surface area contributed by atoms with Crippen molar-refractivity contribution in [2.75, 3.05) is 66.0 Å². The van der Waals surface area contributed by atoms with E-state index in [2.05, 4.69) is 5.32 Å². The van der Waals surface area contributed by atoms with Crippen molar-refractivity contribution in [3.05, 3.63) is 0 Å². The molecule has 32 N–H and O–H groups in total. The Morgan fingerprint density at radius 3 is 1.28 bits per heavy atom. The molecular formula is C56H97N2O49P. The minimum Gasteiger partial charge on any atom is -0.477 e. The third-order valence-electron chi connectivity index (χ3n) is 19.0. The summed E-state index contributed by atoms with van der Waals surface area (Å²) in [5.74, 6) is -7.27. The van der Waals surface area contributed by atoms with E-state index in [4.69, 9.17) is 85.8 Å². The van der Waals surface area contributed by atoms with Crippen LogP contribution in [0.1, 0.15) is 6.92 Å². The lowest BCUT2D eigenvalue weighted by Crippen LogP contribution is -2.73. The molecular weight excluding hydrogens is 1520 g/mol. The number of hydrogen-bond donors (Lipinski definition) is 31. The van der Waals surface area contributed by atoms with Crippen molar-refractivity contribution >= 4 is 19.7 Å². The lowest BCUT2D eigenvalue weighted by molar-refractivity contribution is -0.425. The molecule has 108 heavy (non-hydrogen) atoms. The molecule has 0 aliphatic carbocycles. The van der Waals surface area contributed by atoms with E-state index in [1.165, 1.54) is 0 Å². The summed E-state index contributed by atoms with van der Waals surface area (Å²) in [6.07, 6.45) is -99.3. The molecule has 8 rings (SSSR count). The second-order valence-corrected chi connectivity index (χ2v) is 27.8. The van der Waals surface area contributed by atoms with Crippen LogP contribution in [0.4, 0.5) is 0 Å². The predicted octanol–water partition coefficient (Wildman–Crippen LogP) is -20.7. The van der Waals surface area contributed by atoms with E-state index < -0.39 is 349 Å². The Bertz CT molecular complexity index is 2840. The molecule has 0 radical (unpaired) electrons. The minimum absolute atomic E-state index is 0.425. The summed E-state index contributed by atoms with van der Waals surface area (Å²) in [7, 11) is -5.35. The van der Waals surface area contributed by atoms with Gasteiger partial charge in [0.15, 0.2) is 44.0 Å². The first-order valence-corrected chi connectivity index (χ1v) is 34.9. The Balaban J connectivity index is 1.24. The van der Waals surface area contributed by atoms with Gasteiger partial charge in [0.05, 0.1) is 59.5 Å². The van der Waals surface area contributed by atoms with E-state index in [1.54, 1.807) is 0 Å². The fraction of sp³-hybridized carbons (Fsp3) is 0.964. The van der Waals surface area contributed by atoms with Crippen molar-refractivity contribution in [2.24, 2.45) is 5.73 Å². The van der Waals surface area contributed by atoms with E-state index in [9.17, 15) is 162 Å². The maximum atomic E-state index is 13.1. The molecule has 0 aromatic heterocycles. The van der Waals surface area contributed by atoms with Crippen LogP contribution in [0.2, 0.25) is 0 Å². The first-order chi connectivity index (χ1) is 50.8. The molecule has 0 saturated carbocycles. The molecule has 0 aromatic rings. The highest BCUT2D eigenvalue weighted by atomic mass is 31.2. The van der Waals surface area contributed by atoms with Gasteiger partial charge in [0.25, 0.3) is 5.79 Å². The van der Waals surface area contributed by atoms with Crippen LogP contribution in [0.15, 0.2) is 0 Å². The normalized spacial score (nSPS) is 48.4. The summed E-state index contributed by atoms with van der Waals surface area (Å²) in [5, 5.41) is 312. The standard InChI is InChI=1S/C56H97N2O49P/c1-12(66)58-21-41(101-49-30(78)26(74)22(70)16(6-61)94-49)25(73)19(9-64)93-48(21)100-40-20(10-65)97-52(33(81)29(40)77)102-42-34(82)37(13(67)4-59)98-54(46(42)106-51-32(80)28(76)24(72)18(8-63)96-51)104-44-36(84)53(103-43-35(83)47(85)56(88,55(86)87)107-39(43)14(68)5-60)99-38(15(69)11-92-108(89,90)91-3-2-57)45(44)105-50-31(79)27(75)23(71)17(7-62)95-50/h13-54,59-65,67-85,88H,2-11,57H2,1H3,(H,58,66)(H,86,87)(H,89,90)/t13-,14-,15-,16+,17+,18+,19+,20+,21+,22-,23+,24+,25-,26-,27-,28-,29+,30+,31+,32+,33+,34+,35-,36-,37+,38+,39+,40-,41+,42-,43+,44+,45+,46-,47-,48-,49-,50-,51-,52-,53+,54+,56-/m0/s1. The number of aliphatic hydroxyl groups excluding tert-OH is 26. The average Bonchev–Trinajstić information content (AvgIpc) is 0.753. The van der Waals surface area contributed by atoms with Gasteiger partial charge in [-0.1, -0.05) is 0 Å². The fourth-order valence-corrected chi connectivity index (χ4v) is 13.9. The monoisotopic (exact) mass is 1610 g/mol. The van der Waals surface area contributed by atoms with Crippen molar-refractivity contribution in [2.45, 2.75) is 270 Å². The van der Waals surface area contributed by atoms with E-state index in [-0.39, 0.29) is 0 Å². The largest absolute Gasteiger partial charge is 0.477 e. The zero-order valence-corrected chi connectivity index (χ0v) is 57.4. The number of carbonyl (C=O) groups excluding carboxylic acids is 1. The lowest BCUT2D eigenvalue weighted by atomic mass is 9.89. The third kappa shape index (κ3) is 19.5. The number of ether oxygens (including phenoxy) is 15. The number of carboxylic acid groups (broad SMARTS) is 1. The minimum atomic E-state index is -5.35. The number of nitrogens with one attached hydrogen (secondary N) is 1. The average molecular weight is 1610 g/mol. The third-order valence-corrected chi connectivity index (χ3v) is 20.0. The molecule has 0 bridgehead atoms. The zero-order chi connectivity index (χ0) is 80.2. The van der Waals surface area contributed by atoms with Gasteiger partial charge in [-0.2, -0.15) is 0 Å². The van der Waals surface area contributed by atoms with Gasteiger partial charge < -0.3 is 230 Å². The van der Waals surface area contributed by atoms with Gasteiger partial charge >= 0.3 is 13.8 Å². The van der Waals surface area contributed by atoms with Gasteiger partial charge in [-0.05, 0) is 0 Å². The molecule has 8 aliphatic heterocycles. The van der Waals surface area contributed by atoms with Crippen LogP contribution in [0.5, 0.6) is 0 Å². The van der Waals surface area contributed by atoms with Crippen LogP contribution in [-0.2, 0) is 94.3 Å². The van der Waals surface area contributed by atoms with Crippen molar-refractivity contribution < 1.29 is 242 Å². The van der Waals surface area contributed by atoms with Gasteiger partial charge in [-0.3, -0.25) is 13.8 Å². The summed E-state index contributed by atoms with van der Waals surface area (Å²) in [6, 6.07) is -1.91. The Morgan fingerprint density at radius 1 is 0.417 bits per heavy atom. The number of phosphoric ester groups is 1. The van der Waals surface area contributed by atoms with Crippen LogP contribution in [0.25, 0.3) is 0 Å². The molecule has 1 amide bonds. The summed E-state index contributed by atoms with van der Waals surface area (Å²) >= 11 is 0. The molecule has 8 fully saturated rings. The Labute approximate surface area is 607 Å². The predicted molar refractivity (Wildman–Crippen MR) is 324 cm³/mol. The molecule has 8 saturated heterocycles. The Hall–Kier alpha value is -2.67. The number of aliphatic carboxylic acids is 1. The molecule has 630 valence electrons. The van der Waals surface area contributed by atoms with Crippen LogP contribution < -0.4 is 11.1 Å². The van der Waals surface area contributed by atoms with Crippen LogP contribution in [0, 0.1) is 0 Å². The van der Waals surface area contributed by atoms with Crippen molar-refractivity contribution in [3.8, 4) is 0 Å². The molecule has 51 nitrogen and oxygen atoms in total. The summed E-state index contributed by atoms with van der Waals surface area (Å²) in [4.78, 5) is 35.7. The maximum Gasteiger partial charge on any atom is 0.472 e. The Kier molecular flexibility index (Phi) is 32.7. The molecule has 1 unspecified atom stereocenters. The van der Waals surface area contributed by atoms with Gasteiger partial charge in [-0.25, -0.2) is 9.36 Å². The second-order valence-electron chi connectivity index (χ2n) is 26.3. The van der Waals surface area contributed by atoms with Gasteiger partial charge in [0.1, 0.15) is 214 Å². The summed E-state index contributed by atoms with van der Waals surface area (Å²) < 4.78 is 111. The highest BCUT2D eigenvalue weighted by Crippen LogP contribution is 2.46. The van der Waals surface area contributed by atoms with Crippen molar-refractivity contribution in [1.82, 2.24) is 5.32 Å². The summed E-state index contributed by atoms with van der Waals surface area (Å²) in [5.41, 5.74) is 5.40. The molecule has 0 aromatic carbocycles. The number of nitrogens with two attached hydrogens (primary N) is 1. The molecule has 44 atom stereocenters. The fourth-order valence-electron chi connectivity index (χ4n) is 13.1. The number of rotatable bonds is 32. The first kappa shape index (κ1) is 90.9. The highest BCUT2D eigenvalue weighted by Gasteiger charge is 2.65. The van der Waals surface area contributed by atoms with E-state index in [0.29, 0.717) is 0 Å². The van der Waals surface area contributed by atoms with Gasteiger partial charge in [0.2, 0.25) is 5.91 Å². The van der Waals surface area contributed by atoms with Gasteiger partial charge in [0, 0.05) is 13.5 Å². The topological polar surface area (TPSA) is 833 Å². The van der Waals surface area contributed by atoms with Crippen molar-refractivity contribution in [1.29, 1.82) is 0 Å². The van der Waals surface area contributed by atoms with E-state index in [1.807, 2.05) is 0 Å². The SMILES string of the molecule is CC(=O)N[C@H]1[C@H](O[C@@H]2[C@H](O)[C@@H](O)[C@H](O[C@H]3[C@H](O)[C@@H]([C@@H](O)CO)O[C@H](O[C@@H]4[C@H](O)[C@@H](O[C@@H]5[C@H](O)[C@H](O)[C@@](O)(C(=O)O)O[C@@H]5[C@@H](O)CO)O[C@H]([C@@H](O)COP(=O)(O)OCCN)[C@H]4O[C@@H]4O[C@H](CO)[C@@H](O)[C@H](O)[C@H]4O)[C@H]3O[C@@H]3O[C@H](CO)[C@@H](O)[C@H](O)[C@H]3O)O[C@@H]2CO)O[C@H](CO)[C@H](O)[C@@H]1O[C@@H]1O[C@H](CO)[C@H](O)[C@H](O)[C@H]1O. The molecule has 8 heterocycles. The summed E-state index contributed by atoms with van der Waals surface area (Å²) in [6.45, 7) is -10.5. The van der Waals surface area contributed by atoms with Gasteiger partial charge in [-0.15, -0.1) is 0 Å². The molecule has 0 spiro atoms. The number of amides is 1. The van der Waals surface area contributed by atoms with E-state index >= 15 is 0 Å². The molecule has 52 heteroatoms. The molecule has 8 aliphatic rings. The number of carboxylic acids is 1. The van der Waals surface area contributed by atoms with Crippen LogP contribution in [-0.4, -0.2) is 489 Å². The lowest BCUT2D eigenvalue weighted by Gasteiger charge is -2.53. The van der Waals surface area contributed by atoms with E-state index in [0.717, 1.165) is 6.92 Å².